The SMILES string of the molecule is CCCCCCCC(=O)OCOC(=O)CCCCCCC(=O)O.O=C(O)CCCCCCC(=O)O. The molecular formula is C25H44O10. The van der Waals surface area contributed by atoms with Gasteiger partial charge in [-0.1, -0.05) is 58.3 Å². The summed E-state index contributed by atoms with van der Waals surface area (Å²) in [5.74, 6) is -3.08. The fourth-order valence-corrected chi connectivity index (χ4v) is 2.98. The third-order valence-corrected chi connectivity index (χ3v) is 4.98. The molecule has 0 atom stereocenters. The maximum Gasteiger partial charge on any atom is 0.308 e. The van der Waals surface area contributed by atoms with Gasteiger partial charge in [-0.05, 0) is 32.1 Å². The van der Waals surface area contributed by atoms with E-state index in [1.165, 1.54) is 12.8 Å². The highest BCUT2D eigenvalue weighted by Crippen LogP contribution is 2.08. The topological polar surface area (TPSA) is 164 Å². The summed E-state index contributed by atoms with van der Waals surface area (Å²) in [5.41, 5.74) is 0. The highest BCUT2D eigenvalue weighted by atomic mass is 16.7. The minimum atomic E-state index is -0.795. The molecule has 0 heterocycles. The Morgan fingerprint density at radius 1 is 0.457 bits per heavy atom. The van der Waals surface area contributed by atoms with E-state index in [4.69, 9.17) is 24.8 Å². The van der Waals surface area contributed by atoms with Crippen molar-refractivity contribution in [1.82, 2.24) is 0 Å². The highest BCUT2D eigenvalue weighted by molar-refractivity contribution is 5.71. The summed E-state index contributed by atoms with van der Waals surface area (Å²) in [6.07, 6.45) is 12.2. The third kappa shape index (κ3) is 33.6. The molecular weight excluding hydrogens is 460 g/mol. The van der Waals surface area contributed by atoms with Crippen LogP contribution in [0.25, 0.3) is 0 Å². The maximum atomic E-state index is 11.4. The largest absolute Gasteiger partial charge is 0.481 e. The summed E-state index contributed by atoms with van der Waals surface area (Å²) in [6, 6.07) is 0. The van der Waals surface area contributed by atoms with Gasteiger partial charge in [0.2, 0.25) is 6.79 Å². The van der Waals surface area contributed by atoms with Crippen LogP contribution in [0.5, 0.6) is 0 Å². The van der Waals surface area contributed by atoms with E-state index in [9.17, 15) is 24.0 Å². The van der Waals surface area contributed by atoms with E-state index < -0.39 is 17.9 Å². The minimum absolute atomic E-state index is 0.166. The van der Waals surface area contributed by atoms with E-state index in [0.29, 0.717) is 32.1 Å². The molecule has 35 heavy (non-hydrogen) atoms. The van der Waals surface area contributed by atoms with Gasteiger partial charge < -0.3 is 24.8 Å². The van der Waals surface area contributed by atoms with Crippen molar-refractivity contribution < 1.29 is 48.8 Å². The molecule has 0 fully saturated rings. The number of hydrogen-bond acceptors (Lipinski definition) is 7. The van der Waals surface area contributed by atoms with Crippen molar-refractivity contribution in [2.75, 3.05) is 6.79 Å². The van der Waals surface area contributed by atoms with Gasteiger partial charge in [0.15, 0.2) is 0 Å². The predicted octanol–water partition coefficient (Wildman–Crippen LogP) is 5.31. The van der Waals surface area contributed by atoms with Gasteiger partial charge in [-0.25, -0.2) is 0 Å². The Morgan fingerprint density at radius 3 is 1.03 bits per heavy atom. The van der Waals surface area contributed by atoms with Crippen LogP contribution in [0, 0.1) is 0 Å². The molecule has 0 rings (SSSR count). The summed E-state index contributed by atoms with van der Waals surface area (Å²) in [7, 11) is 0. The summed E-state index contributed by atoms with van der Waals surface area (Å²) >= 11 is 0. The summed E-state index contributed by atoms with van der Waals surface area (Å²) in [4.78, 5) is 53.2. The van der Waals surface area contributed by atoms with Crippen molar-refractivity contribution in [3.63, 3.8) is 0 Å². The first kappa shape index (κ1) is 34.5. The molecule has 0 aromatic carbocycles. The van der Waals surface area contributed by atoms with Crippen LogP contribution in [0.4, 0.5) is 0 Å². The zero-order valence-electron chi connectivity index (χ0n) is 21.1. The molecule has 0 aliphatic carbocycles. The average molecular weight is 505 g/mol. The number of aliphatic carboxylic acids is 3. The van der Waals surface area contributed by atoms with E-state index in [-0.39, 0.29) is 44.4 Å². The quantitative estimate of drug-likeness (QED) is 0.0998. The number of hydrogen-bond donors (Lipinski definition) is 3. The van der Waals surface area contributed by atoms with Crippen molar-refractivity contribution in [2.45, 2.75) is 122 Å². The molecule has 0 spiro atoms. The van der Waals surface area contributed by atoms with Gasteiger partial charge in [-0.15, -0.1) is 0 Å². The smallest absolute Gasteiger partial charge is 0.308 e. The Morgan fingerprint density at radius 2 is 0.743 bits per heavy atom. The van der Waals surface area contributed by atoms with Crippen LogP contribution in [0.2, 0.25) is 0 Å². The van der Waals surface area contributed by atoms with Gasteiger partial charge in [0.25, 0.3) is 0 Å². The number of ether oxygens (including phenoxy) is 2. The van der Waals surface area contributed by atoms with Gasteiger partial charge >= 0.3 is 29.8 Å². The molecule has 0 unspecified atom stereocenters. The number of carbonyl (C=O) groups is 5. The number of esters is 2. The summed E-state index contributed by atoms with van der Waals surface area (Å²) in [6.45, 7) is 1.82. The molecule has 3 N–H and O–H groups in total. The van der Waals surface area contributed by atoms with Crippen LogP contribution in [0.1, 0.15) is 122 Å². The Labute approximate surface area is 208 Å². The first-order valence-corrected chi connectivity index (χ1v) is 12.7. The number of unbranched alkanes of at least 4 members (excludes halogenated alkanes) is 10. The lowest BCUT2D eigenvalue weighted by molar-refractivity contribution is -0.167. The summed E-state index contributed by atoms with van der Waals surface area (Å²) in [5, 5.41) is 25.0. The standard InChI is InChI=1S/C17H30O6.C8H14O4/c1-2-3-4-5-9-12-16(20)22-14-23-17(21)13-10-7-6-8-11-15(18)19;9-7(10)5-3-1-2-4-6-8(11)12/h2-14H2,1H3,(H,18,19);1-6H2,(H,9,10)(H,11,12). The van der Waals surface area contributed by atoms with Crippen LogP contribution in [0.3, 0.4) is 0 Å². The van der Waals surface area contributed by atoms with Gasteiger partial charge in [0.05, 0.1) is 0 Å². The lowest BCUT2D eigenvalue weighted by Gasteiger charge is -2.06. The van der Waals surface area contributed by atoms with Crippen LogP contribution >= 0.6 is 0 Å². The lowest BCUT2D eigenvalue weighted by Crippen LogP contribution is -2.12. The van der Waals surface area contributed by atoms with Crippen molar-refractivity contribution >= 4 is 29.8 Å². The molecule has 0 saturated heterocycles. The molecule has 0 aliphatic rings. The first-order valence-electron chi connectivity index (χ1n) is 12.7. The second-order valence-corrected chi connectivity index (χ2v) is 8.32. The van der Waals surface area contributed by atoms with E-state index in [0.717, 1.165) is 44.9 Å². The Hall–Kier alpha value is -2.65. The maximum absolute atomic E-state index is 11.4. The van der Waals surface area contributed by atoms with Crippen molar-refractivity contribution in [1.29, 1.82) is 0 Å². The van der Waals surface area contributed by atoms with E-state index in [1.807, 2.05) is 0 Å². The van der Waals surface area contributed by atoms with Crippen LogP contribution in [-0.2, 0) is 33.4 Å². The molecule has 10 heteroatoms. The van der Waals surface area contributed by atoms with E-state index >= 15 is 0 Å². The second-order valence-electron chi connectivity index (χ2n) is 8.32. The average Bonchev–Trinajstić information content (AvgIpc) is 2.78. The molecule has 0 amide bonds. The molecule has 204 valence electrons. The van der Waals surface area contributed by atoms with E-state index in [2.05, 4.69) is 6.92 Å². The van der Waals surface area contributed by atoms with Crippen molar-refractivity contribution in [2.24, 2.45) is 0 Å². The fourth-order valence-electron chi connectivity index (χ4n) is 2.98. The second kappa shape index (κ2) is 26.0. The van der Waals surface area contributed by atoms with Crippen LogP contribution < -0.4 is 0 Å². The van der Waals surface area contributed by atoms with Crippen molar-refractivity contribution in [3.05, 3.63) is 0 Å². The third-order valence-electron chi connectivity index (χ3n) is 4.98. The van der Waals surface area contributed by atoms with Gasteiger partial charge in [-0.3, -0.25) is 24.0 Å². The fraction of sp³-hybridized carbons (Fsp3) is 0.800. The highest BCUT2D eigenvalue weighted by Gasteiger charge is 2.06. The predicted molar refractivity (Wildman–Crippen MR) is 129 cm³/mol. The molecule has 10 nitrogen and oxygen atoms in total. The first-order chi connectivity index (χ1) is 16.7. The monoisotopic (exact) mass is 504 g/mol. The van der Waals surface area contributed by atoms with E-state index in [1.54, 1.807) is 0 Å². The Balaban J connectivity index is 0. The van der Waals surface area contributed by atoms with Crippen LogP contribution in [-0.4, -0.2) is 52.0 Å². The zero-order valence-corrected chi connectivity index (χ0v) is 21.1. The minimum Gasteiger partial charge on any atom is -0.481 e. The van der Waals surface area contributed by atoms with Gasteiger partial charge in [0.1, 0.15) is 0 Å². The van der Waals surface area contributed by atoms with Crippen LogP contribution in [0.15, 0.2) is 0 Å². The number of carboxylic acid groups (broad SMARTS) is 3. The molecule has 0 aliphatic heterocycles. The Kier molecular flexibility index (Phi) is 25.6. The molecule has 0 radical (unpaired) electrons. The number of carboxylic acids is 3. The molecule has 0 aromatic rings. The summed E-state index contributed by atoms with van der Waals surface area (Å²) < 4.78 is 9.67. The normalized spacial score (nSPS) is 10.1. The van der Waals surface area contributed by atoms with Gasteiger partial charge in [0, 0.05) is 32.1 Å². The number of carbonyl (C=O) groups excluding carboxylic acids is 2. The molecule has 0 aromatic heterocycles. The number of rotatable bonds is 22. The molecule has 0 bridgehead atoms. The zero-order chi connectivity index (χ0) is 26.7. The lowest BCUT2D eigenvalue weighted by atomic mass is 10.1. The van der Waals surface area contributed by atoms with Gasteiger partial charge in [-0.2, -0.15) is 0 Å². The Bertz CT molecular complexity index is 571. The van der Waals surface area contributed by atoms with Crippen molar-refractivity contribution in [3.8, 4) is 0 Å². The molecule has 0 saturated carbocycles.